The third-order valence-electron chi connectivity index (χ3n) is 5.73. The molecular weight excluding hydrogens is 480 g/mol. The van der Waals surface area contributed by atoms with Gasteiger partial charge in [-0.3, -0.25) is 19.4 Å². The van der Waals surface area contributed by atoms with Gasteiger partial charge >= 0.3 is 11.8 Å². The Morgan fingerprint density at radius 1 is 0.868 bits per heavy atom. The number of pyridine rings is 1. The highest BCUT2D eigenvalue weighted by molar-refractivity contribution is 5.86. The van der Waals surface area contributed by atoms with Crippen LogP contribution < -0.4 is 15.7 Å². The second kappa shape index (κ2) is 10.3. The lowest BCUT2D eigenvalue weighted by molar-refractivity contribution is 0.0636. The van der Waals surface area contributed by atoms with E-state index in [0.717, 1.165) is 5.56 Å². The number of carbonyl (C=O) groups is 1. The average molecular weight is 509 g/mol. The Morgan fingerprint density at radius 2 is 1.61 bits per heavy atom. The fraction of sp³-hybridized carbons (Fsp3) is 0.167. The molecule has 2 aromatic heterocycles. The molecule has 0 spiro atoms. The molecule has 5 rings (SSSR count). The van der Waals surface area contributed by atoms with Crippen LogP contribution in [0.15, 0.2) is 102 Å². The summed E-state index contributed by atoms with van der Waals surface area (Å²) in [5, 5.41) is 2.74. The van der Waals surface area contributed by atoms with E-state index in [2.05, 4.69) is 10.3 Å². The second-order valence-corrected chi connectivity index (χ2v) is 9.76. The van der Waals surface area contributed by atoms with Gasteiger partial charge in [-0.05, 0) is 74.9 Å². The van der Waals surface area contributed by atoms with E-state index in [4.69, 9.17) is 9.47 Å². The Hall–Kier alpha value is -4.85. The maximum atomic E-state index is 13.8. The molecule has 192 valence electrons. The number of aromatic nitrogens is 3. The van der Waals surface area contributed by atoms with Gasteiger partial charge in [0.15, 0.2) is 0 Å². The highest BCUT2D eigenvalue weighted by Gasteiger charge is 2.18. The maximum Gasteiger partial charge on any atom is 0.412 e. The van der Waals surface area contributed by atoms with Crippen LogP contribution >= 0.6 is 0 Å². The average Bonchev–Trinajstić information content (AvgIpc) is 3.19. The van der Waals surface area contributed by atoms with Crippen LogP contribution in [-0.4, -0.2) is 25.8 Å². The number of hydrogen-bond acceptors (Lipinski definition) is 5. The molecule has 0 unspecified atom stereocenters. The number of fused-ring (bicyclic) bond motifs is 1. The van der Waals surface area contributed by atoms with E-state index in [9.17, 15) is 9.59 Å². The molecule has 38 heavy (non-hydrogen) atoms. The number of ether oxygens (including phenoxy) is 2. The van der Waals surface area contributed by atoms with Crippen molar-refractivity contribution in [3.63, 3.8) is 0 Å². The van der Waals surface area contributed by atoms with Crippen molar-refractivity contribution in [2.24, 2.45) is 0 Å². The van der Waals surface area contributed by atoms with Gasteiger partial charge in [-0.15, -0.1) is 0 Å². The van der Waals surface area contributed by atoms with Crippen LogP contribution in [0.2, 0.25) is 0 Å². The minimum absolute atomic E-state index is 0.264. The van der Waals surface area contributed by atoms with Crippen molar-refractivity contribution in [3.05, 3.63) is 113 Å². The minimum Gasteiger partial charge on any atom is -0.489 e. The summed E-state index contributed by atoms with van der Waals surface area (Å²) in [6.07, 6.45) is 2.74. The van der Waals surface area contributed by atoms with E-state index < -0.39 is 11.7 Å². The van der Waals surface area contributed by atoms with Crippen LogP contribution in [0.1, 0.15) is 26.3 Å². The summed E-state index contributed by atoms with van der Waals surface area (Å²) in [7, 11) is 0. The Balaban J connectivity index is 1.46. The predicted octanol–water partition coefficient (Wildman–Crippen LogP) is 6.10. The van der Waals surface area contributed by atoms with E-state index >= 15 is 0 Å². The monoisotopic (exact) mass is 508 g/mol. The summed E-state index contributed by atoms with van der Waals surface area (Å²) >= 11 is 0. The van der Waals surface area contributed by atoms with Crippen molar-refractivity contribution in [1.82, 2.24) is 14.1 Å². The van der Waals surface area contributed by atoms with Crippen LogP contribution in [0.5, 0.6) is 5.75 Å². The molecule has 0 fully saturated rings. The van der Waals surface area contributed by atoms with Crippen LogP contribution in [0.25, 0.3) is 22.4 Å². The molecule has 0 aliphatic rings. The Kier molecular flexibility index (Phi) is 6.70. The van der Waals surface area contributed by atoms with Gasteiger partial charge in [-0.2, -0.15) is 0 Å². The number of nitrogens with zero attached hydrogens (tertiary/aromatic N) is 3. The number of nitrogens with one attached hydrogen (secondary N) is 1. The van der Waals surface area contributed by atoms with Crippen molar-refractivity contribution in [3.8, 4) is 17.1 Å². The number of amides is 1. The third-order valence-corrected chi connectivity index (χ3v) is 5.73. The van der Waals surface area contributed by atoms with Gasteiger partial charge in [0.2, 0.25) is 0 Å². The van der Waals surface area contributed by atoms with Crippen molar-refractivity contribution in [1.29, 1.82) is 0 Å². The molecule has 8 nitrogen and oxygen atoms in total. The van der Waals surface area contributed by atoms with Gasteiger partial charge in [0.25, 0.3) is 0 Å². The Morgan fingerprint density at radius 3 is 2.34 bits per heavy atom. The first-order valence-corrected chi connectivity index (χ1v) is 12.2. The van der Waals surface area contributed by atoms with Crippen LogP contribution in [0, 0.1) is 0 Å². The van der Waals surface area contributed by atoms with Gasteiger partial charge in [0.1, 0.15) is 18.0 Å². The number of rotatable bonds is 6. The maximum absolute atomic E-state index is 13.8. The molecule has 1 N–H and O–H groups in total. The molecule has 0 radical (unpaired) electrons. The third kappa shape index (κ3) is 5.44. The molecule has 1 amide bonds. The highest BCUT2D eigenvalue weighted by atomic mass is 16.6. The SMILES string of the molecule is CC(C)(C)OC(=O)Nc1cccc(-n2c(=O)n(-c3ccc(OCc4ccccc4)cc3)c3cnccc32)c1. The molecular formula is C30H28N4O4. The van der Waals surface area contributed by atoms with Crippen molar-refractivity contribution >= 4 is 22.8 Å². The zero-order valence-electron chi connectivity index (χ0n) is 21.4. The first-order valence-electron chi connectivity index (χ1n) is 12.2. The molecule has 0 saturated carbocycles. The number of anilines is 1. The fourth-order valence-corrected chi connectivity index (χ4v) is 4.12. The van der Waals surface area contributed by atoms with Gasteiger partial charge in [-0.25, -0.2) is 9.59 Å². The number of hydrogen-bond donors (Lipinski definition) is 1. The van der Waals surface area contributed by atoms with E-state index in [1.54, 1.807) is 66.6 Å². The molecule has 0 saturated heterocycles. The van der Waals surface area contributed by atoms with E-state index in [1.165, 1.54) is 0 Å². The molecule has 5 aromatic rings. The topological polar surface area (TPSA) is 87.4 Å². The lowest BCUT2D eigenvalue weighted by Crippen LogP contribution is -2.27. The van der Waals surface area contributed by atoms with Crippen molar-refractivity contribution in [2.75, 3.05) is 5.32 Å². The molecule has 0 aliphatic heterocycles. The normalized spacial score (nSPS) is 11.3. The Bertz CT molecular complexity index is 1630. The molecule has 8 heteroatoms. The highest BCUT2D eigenvalue weighted by Crippen LogP contribution is 2.24. The lowest BCUT2D eigenvalue weighted by atomic mass is 10.2. The second-order valence-electron chi connectivity index (χ2n) is 9.76. The largest absolute Gasteiger partial charge is 0.489 e. The zero-order chi connectivity index (χ0) is 26.7. The quantitative estimate of drug-likeness (QED) is 0.299. The van der Waals surface area contributed by atoms with Crippen molar-refractivity contribution in [2.45, 2.75) is 33.0 Å². The lowest BCUT2D eigenvalue weighted by Gasteiger charge is -2.19. The number of imidazole rings is 1. The van der Waals surface area contributed by atoms with E-state index in [-0.39, 0.29) is 5.69 Å². The number of carbonyl (C=O) groups excluding carboxylic acids is 1. The summed E-state index contributed by atoms with van der Waals surface area (Å²) in [4.78, 5) is 30.3. The smallest absolute Gasteiger partial charge is 0.412 e. The van der Waals surface area contributed by atoms with E-state index in [1.807, 2.05) is 60.7 Å². The number of benzene rings is 3. The summed E-state index contributed by atoms with van der Waals surface area (Å²) in [6, 6.07) is 26.2. The van der Waals surface area contributed by atoms with Crippen LogP contribution in [0.4, 0.5) is 10.5 Å². The van der Waals surface area contributed by atoms with Crippen LogP contribution in [-0.2, 0) is 11.3 Å². The molecule has 0 atom stereocenters. The Labute approximate surface area is 220 Å². The van der Waals surface area contributed by atoms with Gasteiger partial charge in [0, 0.05) is 11.9 Å². The van der Waals surface area contributed by atoms with Crippen molar-refractivity contribution < 1.29 is 14.3 Å². The van der Waals surface area contributed by atoms with Gasteiger partial charge < -0.3 is 9.47 Å². The van der Waals surface area contributed by atoms with Gasteiger partial charge in [0.05, 0.1) is 28.6 Å². The molecule has 2 heterocycles. The predicted molar refractivity (Wildman–Crippen MR) is 147 cm³/mol. The summed E-state index contributed by atoms with van der Waals surface area (Å²) < 4.78 is 14.5. The summed E-state index contributed by atoms with van der Waals surface area (Å²) in [5.74, 6) is 0.702. The summed E-state index contributed by atoms with van der Waals surface area (Å²) in [6.45, 7) is 5.85. The van der Waals surface area contributed by atoms with E-state index in [0.29, 0.717) is 40.5 Å². The van der Waals surface area contributed by atoms with Crippen LogP contribution in [0.3, 0.4) is 0 Å². The molecule has 0 bridgehead atoms. The minimum atomic E-state index is -0.624. The molecule has 0 aliphatic carbocycles. The van der Waals surface area contributed by atoms with Gasteiger partial charge in [-0.1, -0.05) is 36.4 Å². The first kappa shape index (κ1) is 24.8. The fourth-order valence-electron chi connectivity index (χ4n) is 4.12. The standard InChI is InChI=1S/C30H28N4O4/c1-30(2,3)38-28(35)32-22-10-7-11-24(18-22)34-26-16-17-31-19-27(26)33(29(34)36)23-12-14-25(15-13-23)37-20-21-8-5-4-6-9-21/h4-19H,20H2,1-3H3,(H,32,35). The zero-order valence-corrected chi connectivity index (χ0v) is 21.4. The first-order chi connectivity index (χ1) is 18.3. The molecule has 3 aromatic carbocycles. The summed E-state index contributed by atoms with van der Waals surface area (Å²) in [5.41, 5.74) is 3.32.